The molecule has 14 heavy (non-hydrogen) atoms. The van der Waals surface area contributed by atoms with Gasteiger partial charge in [0, 0.05) is 6.54 Å². The zero-order chi connectivity index (χ0) is 10.1. The molecule has 1 heterocycles. The first-order valence-electron chi connectivity index (χ1n) is 4.39. The number of nitrogens with one attached hydrogen (secondary N) is 1. The van der Waals surface area contributed by atoms with Crippen molar-refractivity contribution < 1.29 is 0 Å². The Hall–Kier alpha value is -2.02. The summed E-state index contributed by atoms with van der Waals surface area (Å²) in [6, 6.07) is 7.12. The molecule has 0 spiro atoms. The van der Waals surface area contributed by atoms with E-state index >= 15 is 0 Å². The number of hydrogen-bond donors (Lipinski definition) is 1. The summed E-state index contributed by atoms with van der Waals surface area (Å²) < 4.78 is 1.76. The molecule has 2 rings (SSSR count). The molecule has 4 heteroatoms. The van der Waals surface area contributed by atoms with E-state index in [1.165, 1.54) is 0 Å². The van der Waals surface area contributed by atoms with Crippen LogP contribution in [0, 0.1) is 11.3 Å². The monoisotopic (exact) mass is 187 g/mol. The fourth-order valence-electron chi connectivity index (χ4n) is 1.52. The summed E-state index contributed by atoms with van der Waals surface area (Å²) in [5.41, 5.74) is 1.22. The van der Waals surface area contributed by atoms with E-state index in [9.17, 15) is 4.79 Å². The minimum Gasteiger partial charge on any atom is -0.285 e. The van der Waals surface area contributed by atoms with Crippen LogP contribution in [0.4, 0.5) is 0 Å². The van der Waals surface area contributed by atoms with Gasteiger partial charge in [0.25, 0.3) is 5.56 Å². The van der Waals surface area contributed by atoms with Crippen LogP contribution < -0.4 is 5.56 Å². The average Bonchev–Trinajstić information content (AvgIpc) is 2.55. The van der Waals surface area contributed by atoms with Crippen molar-refractivity contribution in [3.63, 3.8) is 0 Å². The van der Waals surface area contributed by atoms with Crippen molar-refractivity contribution in [3.05, 3.63) is 34.1 Å². The molecule has 0 bridgehead atoms. The zero-order valence-electron chi connectivity index (χ0n) is 7.74. The van der Waals surface area contributed by atoms with Gasteiger partial charge in [0.2, 0.25) is 0 Å². The first-order chi connectivity index (χ1) is 6.76. The lowest BCUT2D eigenvalue weighted by atomic mass is 10.2. The van der Waals surface area contributed by atoms with Crippen LogP contribution in [0.3, 0.4) is 0 Å². The van der Waals surface area contributed by atoms with Gasteiger partial charge in [-0.15, -0.1) is 0 Å². The van der Waals surface area contributed by atoms with Gasteiger partial charge >= 0.3 is 0 Å². The Kier molecular flexibility index (Phi) is 1.86. The average molecular weight is 187 g/mol. The second kappa shape index (κ2) is 3.04. The van der Waals surface area contributed by atoms with Crippen LogP contribution in [0.15, 0.2) is 23.0 Å². The summed E-state index contributed by atoms with van der Waals surface area (Å²) >= 11 is 0. The van der Waals surface area contributed by atoms with Crippen LogP contribution >= 0.6 is 0 Å². The fourth-order valence-corrected chi connectivity index (χ4v) is 1.52. The van der Waals surface area contributed by atoms with Crippen molar-refractivity contribution in [2.75, 3.05) is 0 Å². The number of nitrogens with zero attached hydrogens (tertiary/aromatic N) is 2. The number of nitriles is 1. The number of aromatic nitrogens is 2. The highest BCUT2D eigenvalue weighted by atomic mass is 16.1. The van der Waals surface area contributed by atoms with Crippen molar-refractivity contribution >= 4 is 10.9 Å². The van der Waals surface area contributed by atoms with E-state index in [-0.39, 0.29) is 5.56 Å². The summed E-state index contributed by atoms with van der Waals surface area (Å²) in [5, 5.41) is 12.0. The Morgan fingerprint density at radius 1 is 1.57 bits per heavy atom. The summed E-state index contributed by atoms with van der Waals surface area (Å²) in [4.78, 5) is 11.4. The van der Waals surface area contributed by atoms with E-state index in [1.54, 1.807) is 22.9 Å². The maximum Gasteiger partial charge on any atom is 0.272 e. The Balaban J connectivity index is 2.85. The highest BCUT2D eigenvalue weighted by Crippen LogP contribution is 2.11. The van der Waals surface area contributed by atoms with Crippen LogP contribution in [-0.4, -0.2) is 9.78 Å². The number of aryl methyl sites for hydroxylation is 1. The number of rotatable bonds is 1. The normalized spacial score (nSPS) is 10.3. The van der Waals surface area contributed by atoms with E-state index < -0.39 is 0 Å². The third kappa shape index (κ3) is 1.11. The van der Waals surface area contributed by atoms with Gasteiger partial charge in [-0.3, -0.25) is 14.6 Å². The Labute approximate surface area is 80.4 Å². The van der Waals surface area contributed by atoms with Crippen LogP contribution in [0.5, 0.6) is 0 Å². The van der Waals surface area contributed by atoms with E-state index in [0.29, 0.717) is 17.5 Å². The van der Waals surface area contributed by atoms with Crippen molar-refractivity contribution in [2.24, 2.45) is 0 Å². The van der Waals surface area contributed by atoms with E-state index in [0.717, 1.165) is 5.52 Å². The topological polar surface area (TPSA) is 61.6 Å². The predicted molar refractivity (Wildman–Crippen MR) is 52.9 cm³/mol. The summed E-state index contributed by atoms with van der Waals surface area (Å²) in [5.74, 6) is 0. The molecule has 2 aromatic rings. The summed E-state index contributed by atoms with van der Waals surface area (Å²) in [6.45, 7) is 2.66. The largest absolute Gasteiger partial charge is 0.285 e. The summed E-state index contributed by atoms with van der Waals surface area (Å²) in [7, 11) is 0. The fraction of sp³-hybridized carbons (Fsp3) is 0.200. The third-order valence-electron chi connectivity index (χ3n) is 2.21. The Morgan fingerprint density at radius 3 is 3.00 bits per heavy atom. The van der Waals surface area contributed by atoms with Gasteiger partial charge in [0.15, 0.2) is 0 Å². The number of fused-ring (bicyclic) bond motifs is 1. The molecular weight excluding hydrogens is 178 g/mol. The maximum absolute atomic E-state index is 11.4. The summed E-state index contributed by atoms with van der Waals surface area (Å²) in [6.07, 6.45) is 0. The van der Waals surface area contributed by atoms with Gasteiger partial charge < -0.3 is 0 Å². The lowest BCUT2D eigenvalue weighted by Crippen LogP contribution is -2.03. The molecule has 0 saturated carbocycles. The number of hydrogen-bond acceptors (Lipinski definition) is 2. The molecule has 0 aliphatic carbocycles. The molecule has 0 amide bonds. The minimum absolute atomic E-state index is 0.140. The van der Waals surface area contributed by atoms with Crippen molar-refractivity contribution in [3.8, 4) is 6.07 Å². The number of H-pyrrole nitrogens is 1. The second-order valence-corrected chi connectivity index (χ2v) is 3.03. The highest BCUT2D eigenvalue weighted by Gasteiger charge is 2.05. The second-order valence-electron chi connectivity index (χ2n) is 3.03. The predicted octanol–water partition coefficient (Wildman–Crippen LogP) is 1.22. The minimum atomic E-state index is -0.140. The van der Waals surface area contributed by atoms with Crippen LogP contribution in [-0.2, 0) is 6.54 Å². The molecule has 4 nitrogen and oxygen atoms in total. The van der Waals surface area contributed by atoms with Gasteiger partial charge in [-0.1, -0.05) is 0 Å². The first-order valence-corrected chi connectivity index (χ1v) is 4.39. The first kappa shape index (κ1) is 8.57. The molecule has 1 N–H and O–H groups in total. The SMILES string of the molecule is CCn1[nH]c(=O)c2cc(C#N)ccc21. The molecule has 0 fully saturated rings. The molecule has 70 valence electrons. The molecule has 0 aliphatic heterocycles. The standard InChI is InChI=1S/C10H9N3O/c1-2-13-9-4-3-7(6-11)5-8(9)10(14)12-13/h3-5H,2H2,1H3,(H,12,14). The van der Waals surface area contributed by atoms with Crippen LogP contribution in [0.1, 0.15) is 12.5 Å². The molecule has 0 saturated heterocycles. The van der Waals surface area contributed by atoms with Gasteiger partial charge in [-0.2, -0.15) is 5.26 Å². The van der Waals surface area contributed by atoms with Gasteiger partial charge in [-0.25, -0.2) is 0 Å². The van der Waals surface area contributed by atoms with E-state index in [2.05, 4.69) is 5.10 Å². The lowest BCUT2D eigenvalue weighted by molar-refractivity contribution is 0.676. The third-order valence-corrected chi connectivity index (χ3v) is 2.21. The van der Waals surface area contributed by atoms with Crippen LogP contribution in [0.25, 0.3) is 10.9 Å². The van der Waals surface area contributed by atoms with Crippen molar-refractivity contribution in [2.45, 2.75) is 13.5 Å². The number of aromatic amines is 1. The van der Waals surface area contributed by atoms with Crippen molar-refractivity contribution in [1.29, 1.82) is 5.26 Å². The lowest BCUT2D eigenvalue weighted by Gasteiger charge is -1.97. The molecular formula is C10H9N3O. The number of benzene rings is 1. The smallest absolute Gasteiger partial charge is 0.272 e. The maximum atomic E-state index is 11.4. The Bertz CT molecular complexity index is 571. The molecule has 0 atom stereocenters. The molecule has 0 aliphatic rings. The van der Waals surface area contributed by atoms with Gasteiger partial charge in [0.1, 0.15) is 0 Å². The molecule has 1 aromatic heterocycles. The highest BCUT2D eigenvalue weighted by molar-refractivity contribution is 5.79. The van der Waals surface area contributed by atoms with Gasteiger partial charge in [-0.05, 0) is 25.1 Å². The van der Waals surface area contributed by atoms with Crippen LogP contribution in [0.2, 0.25) is 0 Å². The van der Waals surface area contributed by atoms with E-state index in [1.807, 2.05) is 13.0 Å². The van der Waals surface area contributed by atoms with Gasteiger partial charge in [0.05, 0.1) is 22.5 Å². The zero-order valence-corrected chi connectivity index (χ0v) is 7.74. The molecule has 0 unspecified atom stereocenters. The quantitative estimate of drug-likeness (QED) is 0.729. The Morgan fingerprint density at radius 2 is 2.36 bits per heavy atom. The van der Waals surface area contributed by atoms with Crippen molar-refractivity contribution in [1.82, 2.24) is 9.78 Å². The van der Waals surface area contributed by atoms with E-state index in [4.69, 9.17) is 5.26 Å². The molecule has 0 radical (unpaired) electrons. The molecule has 1 aromatic carbocycles.